The summed E-state index contributed by atoms with van der Waals surface area (Å²) in [5, 5.41) is 0. The maximum absolute atomic E-state index is 7.24. The Morgan fingerprint density at radius 3 is 1.17 bits per heavy atom. The number of hydrogen-bond donors (Lipinski definition) is 0. The highest BCUT2D eigenvalue weighted by Gasteiger charge is 2.58. The van der Waals surface area contributed by atoms with Crippen LogP contribution in [-0.2, 0) is 37.9 Å². The summed E-state index contributed by atoms with van der Waals surface area (Å²) in [5.41, 5.74) is 31.2. The van der Waals surface area contributed by atoms with Crippen LogP contribution in [0.4, 0.5) is 11.4 Å². The molecule has 2 heterocycles. The average Bonchev–Trinajstić information content (AvgIpc) is 1.49. The predicted octanol–water partition coefficient (Wildman–Crippen LogP) is 23.8. The summed E-state index contributed by atoms with van der Waals surface area (Å²) < 4.78 is 7.24. The van der Waals surface area contributed by atoms with Crippen molar-refractivity contribution in [2.45, 2.75) is 137 Å². The van der Waals surface area contributed by atoms with Crippen molar-refractivity contribution in [2.24, 2.45) is 0 Å². The fraction of sp³-hybridized carbons (Fsp3) is 0.217. The summed E-state index contributed by atoms with van der Waals surface area (Å²) in [4.78, 5) is 5.42. The molecule has 95 heavy (non-hydrogen) atoms. The second-order valence-electron chi connectivity index (χ2n) is 31.9. The van der Waals surface area contributed by atoms with E-state index in [1.807, 2.05) is 11.8 Å². The Morgan fingerprint density at radius 2 is 0.684 bits per heavy atom. The summed E-state index contributed by atoms with van der Waals surface area (Å²) >= 11 is 1.96. The van der Waals surface area contributed by atoms with Gasteiger partial charge in [-0.2, -0.15) is 0 Å². The van der Waals surface area contributed by atoms with Crippen LogP contribution in [0.3, 0.4) is 0 Å². The quantitative estimate of drug-likeness (QED) is 0.170. The highest BCUT2D eigenvalue weighted by molar-refractivity contribution is 7.99. The van der Waals surface area contributed by atoms with Gasteiger partial charge in [0.25, 0.3) is 0 Å². The molecule has 0 aromatic heterocycles. The van der Waals surface area contributed by atoms with Crippen LogP contribution in [0.15, 0.2) is 265 Å². The third-order valence-electron chi connectivity index (χ3n) is 22.5. The molecular weight excluding hydrogens is 1170 g/mol. The zero-order chi connectivity index (χ0) is 65.1. The Balaban J connectivity index is 0.951. The topological polar surface area (TPSA) is 12.5 Å². The minimum Gasteiger partial charge on any atom is -0.457 e. The first kappa shape index (κ1) is 58.2. The number of nitrogens with zero attached hydrogens (tertiary/aromatic N) is 1. The first-order chi connectivity index (χ1) is 45.6. The molecule has 12 aromatic carbocycles. The molecule has 464 valence electrons. The van der Waals surface area contributed by atoms with Gasteiger partial charge in [-0.1, -0.05) is 289 Å². The van der Waals surface area contributed by atoms with Gasteiger partial charge in [-0.3, -0.25) is 0 Å². The summed E-state index contributed by atoms with van der Waals surface area (Å²) in [7, 11) is 0. The molecule has 2 aliphatic heterocycles. The fourth-order valence-electron chi connectivity index (χ4n) is 17.8. The molecule has 3 heteroatoms. The van der Waals surface area contributed by atoms with E-state index in [1.54, 1.807) is 0 Å². The molecule has 0 saturated carbocycles. The van der Waals surface area contributed by atoms with E-state index in [9.17, 15) is 0 Å². The van der Waals surface area contributed by atoms with Gasteiger partial charge in [-0.15, -0.1) is 0 Å². The van der Waals surface area contributed by atoms with Gasteiger partial charge in [-0.05, 0) is 205 Å². The van der Waals surface area contributed by atoms with Gasteiger partial charge in [0.05, 0.1) is 22.3 Å². The van der Waals surface area contributed by atoms with Gasteiger partial charge >= 0.3 is 0 Å². The van der Waals surface area contributed by atoms with E-state index >= 15 is 0 Å². The van der Waals surface area contributed by atoms with Crippen molar-refractivity contribution < 1.29 is 4.74 Å². The molecule has 0 fully saturated rings. The normalized spacial score (nSPS) is 16.4. The van der Waals surface area contributed by atoms with Crippen molar-refractivity contribution >= 4 is 23.1 Å². The van der Waals surface area contributed by atoms with Gasteiger partial charge in [0.1, 0.15) is 11.5 Å². The maximum atomic E-state index is 7.24. The van der Waals surface area contributed by atoms with Crippen molar-refractivity contribution in [2.75, 3.05) is 4.90 Å². The van der Waals surface area contributed by atoms with Crippen LogP contribution in [0, 0.1) is 0 Å². The van der Waals surface area contributed by atoms with Gasteiger partial charge in [-0.25, -0.2) is 0 Å². The van der Waals surface area contributed by atoms with E-state index in [0.29, 0.717) is 0 Å². The molecule has 0 N–H and O–H groups in total. The fourth-order valence-corrected chi connectivity index (χ4v) is 19.0. The predicted molar refractivity (Wildman–Crippen MR) is 394 cm³/mol. The first-order valence-corrected chi connectivity index (χ1v) is 35.1. The monoisotopic (exact) mass is 1250 g/mol. The van der Waals surface area contributed by atoms with Crippen LogP contribution >= 0.6 is 11.8 Å². The smallest absolute Gasteiger partial charge is 0.132 e. The molecular formula is C92H79NOS. The van der Waals surface area contributed by atoms with E-state index in [0.717, 1.165) is 22.9 Å². The van der Waals surface area contributed by atoms with Crippen LogP contribution < -0.4 is 9.64 Å². The lowest BCUT2D eigenvalue weighted by Crippen LogP contribution is -2.34. The van der Waals surface area contributed by atoms with Crippen molar-refractivity contribution in [3.8, 4) is 44.9 Å². The molecule has 12 aromatic rings. The van der Waals surface area contributed by atoms with Crippen LogP contribution in [-0.4, -0.2) is 0 Å². The lowest BCUT2D eigenvalue weighted by Gasteiger charge is -2.41. The summed E-state index contributed by atoms with van der Waals surface area (Å²) in [6, 6.07) is 99.5. The Bertz CT molecular complexity index is 5080. The number of ether oxygens (including phenoxy) is 1. The number of anilines is 2. The molecule has 0 amide bonds. The molecule has 18 rings (SSSR count). The van der Waals surface area contributed by atoms with Gasteiger partial charge in [0.2, 0.25) is 0 Å². The van der Waals surface area contributed by atoms with Crippen LogP contribution in [0.2, 0.25) is 0 Å². The Morgan fingerprint density at radius 1 is 0.305 bits per heavy atom. The molecule has 0 saturated heterocycles. The second-order valence-corrected chi connectivity index (χ2v) is 33.0. The lowest BCUT2D eigenvalue weighted by atomic mass is 9.64. The standard InChI is InChI=1S/C92H79NOS/c1-86(2,3)57-35-41-65-66-42-36-58(87(4,5)6)50-74(66)92(73(65)49-57)72-33-23-24-34-81(72)95-82-48-45-69-83(84(82)92)85(69)93(61-39-43-67-63-29-19-21-31-70(63)90(75(67)53-61,55-25-15-13-16-26-55)56-27-17-14-18-28-56)62-40-44-68-64-30-20-22-32-71(64)91(76(68)54-62)77-51-59(88(7,8)9)37-46-79(77)94-80-47-38-60(52-78(80)91)89(10,11)12/h13-54,85H,1-12H3. The summed E-state index contributed by atoms with van der Waals surface area (Å²) in [6.07, 6.45) is 0. The Kier molecular flexibility index (Phi) is 12.2. The van der Waals surface area contributed by atoms with E-state index < -0.39 is 16.2 Å². The zero-order valence-electron chi connectivity index (χ0n) is 56.6. The zero-order valence-corrected chi connectivity index (χ0v) is 57.4. The van der Waals surface area contributed by atoms with Gasteiger partial charge < -0.3 is 9.64 Å². The SMILES string of the molecule is CC(C)(C)c1ccc2c(c1)C1(c3cc(C(C)(C)C)ccc3O2)c2ccccc2-c2ccc(N(c3ccc4c(c3)C(c3ccccc3)(c3ccccc3)c3ccccc3-4)C3c4ccc5c(c43)C3(c4ccccc4S5)c4cc(C(C)(C)C)ccc4-c4ccc(C(C)(C)C)cc43)cc21. The van der Waals surface area contributed by atoms with Crippen molar-refractivity contribution in [3.05, 3.63) is 355 Å². The molecule has 1 atom stereocenters. The van der Waals surface area contributed by atoms with Crippen LogP contribution in [0.5, 0.6) is 11.5 Å². The highest BCUT2D eigenvalue weighted by Crippen LogP contribution is 2.70. The minimum absolute atomic E-state index is 0.0851. The Labute approximate surface area is 565 Å². The summed E-state index contributed by atoms with van der Waals surface area (Å²) in [6.45, 7) is 28.3. The molecule has 4 aliphatic carbocycles. The van der Waals surface area contributed by atoms with Crippen molar-refractivity contribution in [3.63, 3.8) is 0 Å². The Hall–Kier alpha value is -9.41. The largest absolute Gasteiger partial charge is 0.457 e. The third kappa shape index (κ3) is 8.00. The number of rotatable bonds is 5. The third-order valence-corrected chi connectivity index (χ3v) is 23.6. The van der Waals surface area contributed by atoms with Crippen LogP contribution in [0.25, 0.3) is 33.4 Å². The second kappa shape index (κ2) is 19.8. The van der Waals surface area contributed by atoms with Crippen molar-refractivity contribution in [1.29, 1.82) is 0 Å². The van der Waals surface area contributed by atoms with Crippen molar-refractivity contribution in [1.82, 2.24) is 0 Å². The molecule has 2 spiro atoms. The minimum atomic E-state index is -0.735. The van der Waals surface area contributed by atoms with Crippen LogP contribution in [0.1, 0.15) is 189 Å². The average molecular weight is 1250 g/mol. The molecule has 6 aliphatic rings. The van der Waals surface area contributed by atoms with E-state index in [4.69, 9.17) is 4.74 Å². The molecule has 1 unspecified atom stereocenters. The number of benzene rings is 12. The highest BCUT2D eigenvalue weighted by atomic mass is 32.2. The lowest BCUT2D eigenvalue weighted by molar-refractivity contribution is 0.433. The number of hydrogen-bond acceptors (Lipinski definition) is 3. The number of fused-ring (bicyclic) bond motifs is 23. The molecule has 2 nitrogen and oxygen atoms in total. The molecule has 0 bridgehead atoms. The van der Waals surface area contributed by atoms with Gasteiger partial charge in [0.15, 0.2) is 0 Å². The summed E-state index contributed by atoms with van der Waals surface area (Å²) in [5.74, 6) is 1.81. The first-order valence-electron chi connectivity index (χ1n) is 34.2. The van der Waals surface area contributed by atoms with Gasteiger partial charge in [0, 0.05) is 32.3 Å². The maximum Gasteiger partial charge on any atom is 0.132 e. The van der Waals surface area contributed by atoms with E-state index in [2.05, 4.69) is 343 Å². The molecule has 0 radical (unpaired) electrons. The van der Waals surface area contributed by atoms with E-state index in [-0.39, 0.29) is 27.7 Å². The van der Waals surface area contributed by atoms with E-state index in [1.165, 1.54) is 143 Å².